The Labute approximate surface area is 128 Å². The van der Waals surface area contributed by atoms with E-state index in [-0.39, 0.29) is 16.0 Å². The van der Waals surface area contributed by atoms with Gasteiger partial charge in [0.1, 0.15) is 4.90 Å². The van der Waals surface area contributed by atoms with Crippen LogP contribution in [0.1, 0.15) is 6.42 Å². The maximum Gasteiger partial charge on any atom is 0.246 e. The van der Waals surface area contributed by atoms with Crippen LogP contribution in [0.5, 0.6) is 0 Å². The van der Waals surface area contributed by atoms with Crippen LogP contribution < -0.4 is 0 Å². The van der Waals surface area contributed by atoms with Gasteiger partial charge in [-0.25, -0.2) is 8.42 Å². The van der Waals surface area contributed by atoms with Crippen molar-refractivity contribution in [3.05, 3.63) is 23.5 Å². The molecule has 1 aromatic heterocycles. The smallest absolute Gasteiger partial charge is 0.246 e. The minimum atomic E-state index is -3.64. The second-order valence-electron chi connectivity index (χ2n) is 4.43. The van der Waals surface area contributed by atoms with Crippen LogP contribution in [0.3, 0.4) is 0 Å². The summed E-state index contributed by atoms with van der Waals surface area (Å²) >= 11 is 7.78. The van der Waals surface area contributed by atoms with Crippen molar-refractivity contribution in [1.29, 1.82) is 0 Å². The Morgan fingerprint density at radius 2 is 2.40 bits per heavy atom. The third-order valence-electron chi connectivity index (χ3n) is 3.15. The first-order valence-electron chi connectivity index (χ1n) is 6.25. The van der Waals surface area contributed by atoms with Crippen molar-refractivity contribution >= 4 is 33.4 Å². The number of sulfonamides is 1. The quantitative estimate of drug-likeness (QED) is 0.793. The van der Waals surface area contributed by atoms with Gasteiger partial charge < -0.3 is 4.74 Å². The highest BCUT2D eigenvalue weighted by atomic mass is 35.5. The molecule has 0 amide bonds. The molecular formula is C12H17ClN2O3S2. The Kier molecular flexibility index (Phi) is 5.68. The van der Waals surface area contributed by atoms with E-state index in [1.165, 1.54) is 22.8 Å². The summed E-state index contributed by atoms with van der Waals surface area (Å²) in [5.74, 6) is 1.78. The number of halogens is 1. The molecule has 0 radical (unpaired) electrons. The zero-order valence-electron chi connectivity index (χ0n) is 11.2. The fourth-order valence-corrected chi connectivity index (χ4v) is 5.47. The van der Waals surface area contributed by atoms with Gasteiger partial charge in [-0.05, 0) is 18.2 Å². The van der Waals surface area contributed by atoms with E-state index >= 15 is 0 Å². The van der Waals surface area contributed by atoms with Crippen molar-refractivity contribution in [3.8, 4) is 0 Å². The third-order valence-corrected chi connectivity index (χ3v) is 6.72. The van der Waals surface area contributed by atoms with Crippen molar-refractivity contribution in [3.63, 3.8) is 0 Å². The third kappa shape index (κ3) is 3.46. The number of nitrogens with zero attached hydrogens (tertiary/aromatic N) is 2. The first-order chi connectivity index (χ1) is 9.57. The molecule has 112 valence electrons. The van der Waals surface area contributed by atoms with Crippen LogP contribution in [0.25, 0.3) is 0 Å². The van der Waals surface area contributed by atoms with Crippen molar-refractivity contribution in [2.45, 2.75) is 17.4 Å². The second-order valence-corrected chi connectivity index (χ2v) is 7.85. The summed E-state index contributed by atoms with van der Waals surface area (Å²) in [5.41, 5.74) is 0. The van der Waals surface area contributed by atoms with Crippen LogP contribution >= 0.6 is 23.4 Å². The highest BCUT2D eigenvalue weighted by Crippen LogP contribution is 2.29. The van der Waals surface area contributed by atoms with Crippen LogP contribution in [0.15, 0.2) is 23.4 Å². The summed E-state index contributed by atoms with van der Waals surface area (Å²) in [4.78, 5) is 3.94. The highest BCUT2D eigenvalue weighted by Gasteiger charge is 2.34. The lowest BCUT2D eigenvalue weighted by Crippen LogP contribution is -2.42. The lowest BCUT2D eigenvalue weighted by atomic mass is 10.3. The Morgan fingerprint density at radius 1 is 1.60 bits per heavy atom. The Morgan fingerprint density at radius 3 is 3.00 bits per heavy atom. The van der Waals surface area contributed by atoms with E-state index in [0.29, 0.717) is 13.2 Å². The molecule has 1 aromatic rings. The summed E-state index contributed by atoms with van der Waals surface area (Å²) in [6.07, 6.45) is 3.64. The molecule has 0 aliphatic carbocycles. The van der Waals surface area contributed by atoms with Gasteiger partial charge in [0.15, 0.2) is 0 Å². The molecule has 20 heavy (non-hydrogen) atoms. The van der Waals surface area contributed by atoms with Gasteiger partial charge in [-0.15, -0.1) is 0 Å². The fourth-order valence-electron chi connectivity index (χ4n) is 2.11. The van der Waals surface area contributed by atoms with Crippen molar-refractivity contribution in [2.24, 2.45) is 0 Å². The Hall–Kier alpha value is -0.340. The van der Waals surface area contributed by atoms with Crippen molar-refractivity contribution in [2.75, 3.05) is 31.8 Å². The van der Waals surface area contributed by atoms with Crippen LogP contribution in [-0.4, -0.2) is 55.5 Å². The normalized spacial score (nSPS) is 19.6. The summed E-state index contributed by atoms with van der Waals surface area (Å²) < 4.78 is 32.1. The van der Waals surface area contributed by atoms with Crippen molar-refractivity contribution in [1.82, 2.24) is 9.29 Å². The molecule has 2 rings (SSSR count). The minimum Gasteiger partial charge on any atom is -0.383 e. The topological polar surface area (TPSA) is 59.5 Å². The predicted molar refractivity (Wildman–Crippen MR) is 80.7 cm³/mol. The first kappa shape index (κ1) is 16.0. The van der Waals surface area contributed by atoms with E-state index in [4.69, 9.17) is 16.3 Å². The van der Waals surface area contributed by atoms with Gasteiger partial charge in [0, 0.05) is 37.8 Å². The van der Waals surface area contributed by atoms with Crippen LogP contribution in [-0.2, 0) is 14.8 Å². The number of methoxy groups -OCH3 is 1. The van der Waals surface area contributed by atoms with Crippen LogP contribution in [0.2, 0.25) is 5.02 Å². The molecule has 1 unspecified atom stereocenters. The van der Waals surface area contributed by atoms with E-state index in [2.05, 4.69) is 4.98 Å². The second kappa shape index (κ2) is 7.09. The van der Waals surface area contributed by atoms with E-state index < -0.39 is 10.0 Å². The molecular weight excluding hydrogens is 320 g/mol. The van der Waals surface area contributed by atoms with E-state index in [0.717, 1.165) is 17.9 Å². The summed E-state index contributed by atoms with van der Waals surface area (Å²) in [5, 5.41) is 0.202. The van der Waals surface area contributed by atoms with Gasteiger partial charge in [0.2, 0.25) is 10.0 Å². The number of pyridine rings is 1. The van der Waals surface area contributed by atoms with E-state index in [9.17, 15) is 8.42 Å². The number of aromatic nitrogens is 1. The van der Waals surface area contributed by atoms with Gasteiger partial charge in [0.05, 0.1) is 11.6 Å². The molecule has 0 aromatic carbocycles. The van der Waals surface area contributed by atoms with Crippen LogP contribution in [0.4, 0.5) is 0 Å². The molecule has 0 saturated carbocycles. The van der Waals surface area contributed by atoms with Crippen LogP contribution in [0, 0.1) is 0 Å². The molecule has 0 N–H and O–H groups in total. The largest absolute Gasteiger partial charge is 0.383 e. The Balaban J connectivity index is 2.33. The molecule has 1 saturated heterocycles. The number of rotatable bonds is 6. The van der Waals surface area contributed by atoms with Gasteiger partial charge in [0.25, 0.3) is 0 Å². The molecule has 5 nitrogen and oxygen atoms in total. The van der Waals surface area contributed by atoms with Gasteiger partial charge in [-0.1, -0.05) is 11.6 Å². The zero-order valence-corrected chi connectivity index (χ0v) is 13.5. The maximum atomic E-state index is 12.8. The number of hydrogen-bond donors (Lipinski definition) is 0. The summed E-state index contributed by atoms with van der Waals surface area (Å²) in [6.45, 7) is 0.688. The average molecular weight is 337 g/mol. The minimum absolute atomic E-state index is 0.00331. The fraction of sp³-hybridized carbons (Fsp3) is 0.583. The average Bonchev–Trinajstić information content (AvgIpc) is 2.93. The monoisotopic (exact) mass is 336 g/mol. The summed E-state index contributed by atoms with van der Waals surface area (Å²) in [6, 6.07) is 1.49. The number of ether oxygens (including phenoxy) is 1. The maximum absolute atomic E-state index is 12.8. The molecule has 1 atom stereocenters. The van der Waals surface area contributed by atoms with E-state index in [1.54, 1.807) is 18.9 Å². The van der Waals surface area contributed by atoms with E-state index in [1.807, 2.05) is 0 Å². The first-order valence-corrected chi connectivity index (χ1v) is 9.22. The van der Waals surface area contributed by atoms with Gasteiger partial charge in [-0.2, -0.15) is 16.1 Å². The number of thioether (sulfide) groups is 1. The lowest BCUT2D eigenvalue weighted by molar-refractivity contribution is 0.169. The molecule has 8 heteroatoms. The summed E-state index contributed by atoms with van der Waals surface area (Å²) in [7, 11) is -2.08. The zero-order chi connectivity index (χ0) is 14.6. The molecule has 2 heterocycles. The molecule has 0 bridgehead atoms. The van der Waals surface area contributed by atoms with Crippen molar-refractivity contribution < 1.29 is 13.2 Å². The Bertz CT molecular complexity index is 547. The number of hydrogen-bond acceptors (Lipinski definition) is 5. The SMILES string of the molecule is COCCN(C1CCSC1)S(=O)(=O)c1cnccc1Cl. The predicted octanol–water partition coefficient (Wildman–Crippen LogP) is 1.88. The molecule has 1 aliphatic heterocycles. The lowest BCUT2D eigenvalue weighted by Gasteiger charge is -2.27. The standard InChI is InChI=1S/C12H17ClN2O3S2/c1-18-6-5-15(10-3-7-19-9-10)20(16,17)12-8-14-4-2-11(12)13/h2,4,8,10H,3,5-7,9H2,1H3. The van der Waals surface area contributed by atoms with Gasteiger partial charge in [-0.3, -0.25) is 4.98 Å². The molecule has 0 spiro atoms. The molecule has 1 aliphatic rings. The molecule has 1 fully saturated rings. The highest BCUT2D eigenvalue weighted by molar-refractivity contribution is 7.99. The van der Waals surface area contributed by atoms with Gasteiger partial charge >= 0.3 is 0 Å².